The Morgan fingerprint density at radius 2 is 0.647 bits per heavy atom. The van der Waals surface area contributed by atoms with Crippen molar-refractivity contribution in [2.24, 2.45) is 23.7 Å². The molecule has 0 N–H and O–H groups in total. The number of benzene rings is 2. The number of aryl methyl sites for hydroxylation is 4. The van der Waals surface area contributed by atoms with Gasteiger partial charge in [-0.3, -0.25) is 0 Å². The zero-order valence-electron chi connectivity index (χ0n) is 46.4. The summed E-state index contributed by atoms with van der Waals surface area (Å²) in [6, 6.07) is 10.3. The predicted molar refractivity (Wildman–Crippen MR) is 327 cm³/mol. The van der Waals surface area contributed by atoms with E-state index in [1.807, 2.05) is 22.7 Å². The van der Waals surface area contributed by atoms with Gasteiger partial charge in [0.05, 0.1) is 0 Å². The number of unbranched alkanes of at least 4 members (excludes halogenated alkanes) is 4. The first-order chi connectivity index (χ1) is 32.7. The van der Waals surface area contributed by atoms with Gasteiger partial charge in [-0.2, -0.15) is 0 Å². The maximum atomic E-state index is 2.72. The third kappa shape index (κ3) is 15.9. The largest absolute Gasteiger partial charge is 0.143 e. The third-order valence-corrected chi connectivity index (χ3v) is 39.2. The normalized spacial score (nSPS) is 14.3. The Labute approximate surface area is 443 Å². The Balaban J connectivity index is 0.000000261. The SMILES string of the molecule is CCCCC(CC)CCc1c2c[c]([Sn]([CH3])([CH3])[CH3])sc2c(CCC(CC)CCCC)c2c[c]([Sn]([CH3])([CH3])[CH3])sc12.CCCCC(CC)CCc1c2ccsc2c(CCC(CC)CCCC)c2ccsc12. The Bertz CT molecular complexity index is 2110. The maximum absolute atomic E-state index is 2.72. The summed E-state index contributed by atoms with van der Waals surface area (Å²) in [5.41, 5.74) is 6.76. The van der Waals surface area contributed by atoms with E-state index in [4.69, 9.17) is 0 Å². The summed E-state index contributed by atoms with van der Waals surface area (Å²) in [5, 5.41) is 11.1. The standard InChI is InChI=1S/C28H42S2.C28H40S2.6CH3.2Sn/c2*1-5-9-11-21(7-3)13-15-23-25-17-19-30-28(25)24(26-18-20-29-27(23)26)16-14-22(8-4)12-10-6-2;;;;;;;;/h17-22H,5-16H2,1-4H3;17-18,21-22H,5-16H2,1-4H3;6*1H3;;. The van der Waals surface area contributed by atoms with E-state index in [0.717, 1.165) is 23.7 Å². The van der Waals surface area contributed by atoms with Gasteiger partial charge < -0.3 is 0 Å². The predicted octanol–water partition coefficient (Wildman–Crippen LogP) is 21.9. The average Bonchev–Trinajstić information content (AvgIpc) is 4.17. The van der Waals surface area contributed by atoms with Crippen LogP contribution in [0.25, 0.3) is 40.3 Å². The van der Waals surface area contributed by atoms with Crippen LogP contribution in [0.3, 0.4) is 0 Å². The molecule has 0 saturated heterocycles. The van der Waals surface area contributed by atoms with E-state index in [9.17, 15) is 0 Å². The van der Waals surface area contributed by atoms with Gasteiger partial charge in [0.25, 0.3) is 0 Å². The molecule has 0 fully saturated rings. The fourth-order valence-electron chi connectivity index (χ4n) is 11.0. The Morgan fingerprint density at radius 3 is 0.897 bits per heavy atom. The molecule has 68 heavy (non-hydrogen) atoms. The smallest absolute Gasteiger partial charge is 0.0384 e. The summed E-state index contributed by atoms with van der Waals surface area (Å²) in [7, 11) is 0. The average molecular weight is 1210 g/mol. The van der Waals surface area contributed by atoms with Crippen molar-refractivity contribution in [1.29, 1.82) is 0 Å². The second-order valence-corrected chi connectivity index (χ2v) is 58.0. The van der Waals surface area contributed by atoms with Crippen molar-refractivity contribution in [3.8, 4) is 0 Å². The van der Waals surface area contributed by atoms with E-state index in [2.05, 4.69) is 143 Å². The van der Waals surface area contributed by atoms with Gasteiger partial charge in [-0.25, -0.2) is 0 Å². The van der Waals surface area contributed by atoms with Crippen LogP contribution in [0.2, 0.25) is 29.6 Å². The number of fused-ring (bicyclic) bond motifs is 4. The minimum Gasteiger partial charge on any atom is -0.143 e. The fourth-order valence-corrected chi connectivity index (χ4v) is 26.0. The molecule has 0 amide bonds. The van der Waals surface area contributed by atoms with Crippen LogP contribution >= 0.6 is 45.3 Å². The van der Waals surface area contributed by atoms with Crippen LogP contribution in [0.4, 0.5) is 0 Å². The van der Waals surface area contributed by atoms with Crippen molar-refractivity contribution in [2.75, 3.05) is 0 Å². The molecule has 4 heterocycles. The first kappa shape index (κ1) is 58.8. The number of hydrogen-bond donors (Lipinski definition) is 0. The van der Waals surface area contributed by atoms with Crippen LogP contribution in [-0.4, -0.2) is 36.8 Å². The van der Waals surface area contributed by atoms with Gasteiger partial charge in [-0.1, -0.05) is 79.1 Å². The molecule has 4 atom stereocenters. The molecule has 4 unspecified atom stereocenters. The topological polar surface area (TPSA) is 0 Å². The van der Waals surface area contributed by atoms with E-state index in [1.54, 1.807) is 68.4 Å². The molecule has 0 aliphatic rings. The molecule has 4 aromatic heterocycles. The Hall–Kier alpha value is -0.123. The van der Waals surface area contributed by atoms with Crippen molar-refractivity contribution in [1.82, 2.24) is 0 Å². The zero-order chi connectivity index (χ0) is 49.4. The molecular weight excluding hydrogens is 1110 g/mol. The molecule has 6 aromatic rings. The third-order valence-electron chi connectivity index (χ3n) is 16.1. The Morgan fingerprint density at radius 1 is 0.368 bits per heavy atom. The minimum absolute atomic E-state index is 0.879. The molecule has 0 radical (unpaired) electrons. The molecule has 0 nitrogen and oxygen atoms in total. The molecule has 0 spiro atoms. The van der Waals surface area contributed by atoms with Crippen molar-refractivity contribution in [3.63, 3.8) is 0 Å². The summed E-state index contributed by atoms with van der Waals surface area (Å²) < 4.78 is 10.1. The quantitative estimate of drug-likeness (QED) is 0.0394. The molecule has 0 aliphatic carbocycles. The van der Waals surface area contributed by atoms with Crippen LogP contribution in [0, 0.1) is 23.7 Å². The molecule has 0 bridgehead atoms. The second kappa shape index (κ2) is 29.1. The molecule has 6 rings (SSSR count). The van der Waals surface area contributed by atoms with Crippen molar-refractivity contribution >= 4 is 128 Å². The van der Waals surface area contributed by atoms with Gasteiger partial charge >= 0.3 is 255 Å². The van der Waals surface area contributed by atoms with Gasteiger partial charge in [-0.05, 0) is 82.3 Å². The van der Waals surface area contributed by atoms with Crippen LogP contribution in [0.15, 0.2) is 35.0 Å². The monoisotopic (exact) mass is 1210 g/mol. The van der Waals surface area contributed by atoms with Gasteiger partial charge in [0.15, 0.2) is 0 Å². The van der Waals surface area contributed by atoms with Crippen molar-refractivity contribution in [2.45, 2.75) is 239 Å². The Kier molecular flexibility index (Phi) is 25.1. The van der Waals surface area contributed by atoms with Crippen LogP contribution in [0.5, 0.6) is 0 Å². The summed E-state index contributed by atoms with van der Waals surface area (Å²) >= 11 is 4.07. The van der Waals surface area contributed by atoms with E-state index in [0.29, 0.717) is 0 Å². The van der Waals surface area contributed by atoms with Gasteiger partial charge in [0.2, 0.25) is 0 Å². The van der Waals surface area contributed by atoms with E-state index in [1.165, 1.54) is 154 Å². The molecule has 0 saturated carbocycles. The van der Waals surface area contributed by atoms with Gasteiger partial charge in [0, 0.05) is 9.40 Å². The molecule has 2 aromatic carbocycles. The van der Waals surface area contributed by atoms with E-state index in [-0.39, 0.29) is 0 Å². The minimum atomic E-state index is -2.17. The summed E-state index contributed by atoms with van der Waals surface area (Å²) in [4.78, 5) is 15.7. The number of hydrogen-bond acceptors (Lipinski definition) is 4. The summed E-state index contributed by atoms with van der Waals surface area (Å²) in [6.45, 7) is 18.9. The molecule has 6 heteroatoms. The van der Waals surface area contributed by atoms with Crippen LogP contribution in [-0.2, 0) is 25.7 Å². The molecule has 380 valence electrons. The summed E-state index contributed by atoms with van der Waals surface area (Å²) in [5.74, 6) is 3.53. The first-order valence-electron chi connectivity index (χ1n) is 28.6. The molecular formula is C62H100S4Sn2. The van der Waals surface area contributed by atoms with Crippen molar-refractivity contribution < 1.29 is 0 Å². The fraction of sp³-hybridized carbons (Fsp3) is 0.677. The van der Waals surface area contributed by atoms with Gasteiger partial charge in [-0.15, -0.1) is 22.7 Å². The number of rotatable bonds is 30. The van der Waals surface area contributed by atoms with E-state index >= 15 is 0 Å². The van der Waals surface area contributed by atoms with Gasteiger partial charge in [0.1, 0.15) is 0 Å². The first-order valence-corrected chi connectivity index (χ1v) is 51.9. The van der Waals surface area contributed by atoms with E-state index < -0.39 is 36.8 Å². The zero-order valence-corrected chi connectivity index (χ0v) is 55.4. The maximum Gasteiger partial charge on any atom is 0.0384 e. The van der Waals surface area contributed by atoms with Crippen molar-refractivity contribution in [3.05, 3.63) is 57.3 Å². The van der Waals surface area contributed by atoms with Crippen LogP contribution < -0.4 is 5.79 Å². The summed E-state index contributed by atoms with van der Waals surface area (Å²) in [6.07, 6.45) is 32.3. The second-order valence-electron chi connectivity index (χ2n) is 23.3. The number of thiophene rings is 4. The van der Waals surface area contributed by atoms with Crippen LogP contribution in [0.1, 0.15) is 206 Å². The molecule has 0 aliphatic heterocycles.